The lowest BCUT2D eigenvalue weighted by Crippen LogP contribution is -2.08. The molecule has 0 saturated carbocycles. The van der Waals surface area contributed by atoms with Gasteiger partial charge in [-0.2, -0.15) is 0 Å². The zero-order valence-corrected chi connectivity index (χ0v) is 51.2. The molecular weight excluding hydrogens is 945 g/mol. The van der Waals surface area contributed by atoms with E-state index in [2.05, 4.69) is 51.1 Å². The molecule has 0 bridgehead atoms. The SMILES string of the molecule is CCCCCCCCCCCCCCCCCCOc1cc(COc2ccc3cc(CO)ccc3c2)cc(OCCCCCCCCCCCCCCCCCC)c1OCCCCCCCCCCCCCCCCCC. The maximum absolute atomic E-state index is 9.68. The Labute approximate surface area is 477 Å². The molecule has 0 heterocycles. The smallest absolute Gasteiger partial charge is 0.203 e. The topological polar surface area (TPSA) is 57.2 Å². The average Bonchev–Trinajstić information content (AvgIpc) is 3.45. The highest BCUT2D eigenvalue weighted by atomic mass is 16.5. The zero-order valence-electron chi connectivity index (χ0n) is 51.2. The quantitative estimate of drug-likeness (QED) is 0.0571. The second-order valence-corrected chi connectivity index (χ2v) is 23.7. The second kappa shape index (κ2) is 51.2. The minimum absolute atomic E-state index is 0.0428. The van der Waals surface area contributed by atoms with Gasteiger partial charge in [0, 0.05) is 0 Å². The van der Waals surface area contributed by atoms with Gasteiger partial charge in [-0.15, -0.1) is 0 Å². The minimum Gasteiger partial charge on any atom is -0.490 e. The van der Waals surface area contributed by atoms with Gasteiger partial charge in [-0.3, -0.25) is 0 Å². The van der Waals surface area contributed by atoms with Crippen molar-refractivity contribution in [2.45, 2.75) is 342 Å². The first-order valence-corrected chi connectivity index (χ1v) is 34.0. The fraction of sp³-hybridized carbons (Fsp3) is 0.778. The Morgan fingerprint density at radius 1 is 0.273 bits per heavy atom. The summed E-state index contributed by atoms with van der Waals surface area (Å²) in [6, 6.07) is 16.6. The van der Waals surface area contributed by atoms with Gasteiger partial charge < -0.3 is 24.1 Å². The van der Waals surface area contributed by atoms with Gasteiger partial charge >= 0.3 is 0 Å². The van der Waals surface area contributed by atoms with Gasteiger partial charge in [-0.1, -0.05) is 328 Å². The van der Waals surface area contributed by atoms with Crippen LogP contribution < -0.4 is 18.9 Å². The van der Waals surface area contributed by atoms with E-state index in [0.717, 1.165) is 64.2 Å². The Morgan fingerprint density at radius 3 is 0.883 bits per heavy atom. The van der Waals surface area contributed by atoms with Gasteiger partial charge in [0.15, 0.2) is 11.5 Å². The highest BCUT2D eigenvalue weighted by Gasteiger charge is 2.17. The molecule has 3 rings (SSSR count). The number of fused-ring (bicyclic) bond motifs is 1. The Morgan fingerprint density at radius 2 is 0.558 bits per heavy atom. The summed E-state index contributed by atoms with van der Waals surface area (Å²) >= 11 is 0. The van der Waals surface area contributed by atoms with Crippen LogP contribution in [0.2, 0.25) is 0 Å². The summed E-state index contributed by atoms with van der Waals surface area (Å²) in [6.07, 6.45) is 65.2. The number of rotatable bonds is 58. The molecular formula is C72H124O5. The molecule has 0 amide bonds. The van der Waals surface area contributed by atoms with Crippen LogP contribution in [0.3, 0.4) is 0 Å². The first-order chi connectivity index (χ1) is 38.2. The normalized spacial score (nSPS) is 11.5. The first kappa shape index (κ1) is 68.4. The van der Waals surface area contributed by atoms with E-state index < -0.39 is 0 Å². The van der Waals surface area contributed by atoms with Crippen LogP contribution in [0.4, 0.5) is 0 Å². The molecule has 5 nitrogen and oxygen atoms in total. The fourth-order valence-corrected chi connectivity index (χ4v) is 11.2. The lowest BCUT2D eigenvalue weighted by molar-refractivity contribution is 0.232. The monoisotopic (exact) mass is 1070 g/mol. The van der Waals surface area contributed by atoms with Crippen molar-refractivity contribution in [3.63, 3.8) is 0 Å². The van der Waals surface area contributed by atoms with Crippen molar-refractivity contribution >= 4 is 10.8 Å². The van der Waals surface area contributed by atoms with Gasteiger partial charge in [0.2, 0.25) is 5.75 Å². The summed E-state index contributed by atoms with van der Waals surface area (Å²) in [6.45, 7) is 9.39. The molecule has 0 aliphatic rings. The van der Waals surface area contributed by atoms with E-state index in [1.807, 2.05) is 18.2 Å². The third kappa shape index (κ3) is 37.6. The first-order valence-electron chi connectivity index (χ1n) is 34.0. The van der Waals surface area contributed by atoms with Crippen LogP contribution in [0.25, 0.3) is 10.8 Å². The minimum atomic E-state index is 0.0428. The number of hydrogen-bond donors (Lipinski definition) is 1. The van der Waals surface area contributed by atoms with Crippen LogP contribution in [-0.2, 0) is 13.2 Å². The number of aliphatic hydroxyl groups is 1. The fourth-order valence-electron chi connectivity index (χ4n) is 11.2. The van der Waals surface area contributed by atoms with Crippen molar-refractivity contribution < 1.29 is 24.1 Å². The molecule has 0 unspecified atom stereocenters. The van der Waals surface area contributed by atoms with Gasteiger partial charge in [0.25, 0.3) is 0 Å². The van der Waals surface area contributed by atoms with Crippen molar-refractivity contribution in [3.8, 4) is 23.0 Å². The third-order valence-corrected chi connectivity index (χ3v) is 16.3. The molecule has 3 aromatic carbocycles. The molecule has 0 aliphatic carbocycles. The van der Waals surface area contributed by atoms with Gasteiger partial charge in [-0.05, 0) is 71.5 Å². The van der Waals surface area contributed by atoms with Crippen molar-refractivity contribution in [3.05, 3.63) is 59.7 Å². The predicted molar refractivity (Wildman–Crippen MR) is 336 cm³/mol. The van der Waals surface area contributed by atoms with Crippen LogP contribution in [-0.4, -0.2) is 24.9 Å². The zero-order chi connectivity index (χ0) is 54.6. The Hall–Kier alpha value is -2.92. The molecule has 5 heteroatoms. The molecule has 0 fully saturated rings. The molecule has 0 aliphatic heterocycles. The number of benzene rings is 3. The average molecular weight is 1070 g/mol. The second-order valence-electron chi connectivity index (χ2n) is 23.7. The number of unbranched alkanes of at least 4 members (excludes halogenated alkanes) is 45. The van der Waals surface area contributed by atoms with E-state index in [1.165, 1.54) is 289 Å². The van der Waals surface area contributed by atoms with Crippen molar-refractivity contribution in [1.29, 1.82) is 0 Å². The molecule has 1 N–H and O–H groups in total. The number of hydrogen-bond acceptors (Lipinski definition) is 5. The van der Waals surface area contributed by atoms with Gasteiger partial charge in [0.1, 0.15) is 12.4 Å². The third-order valence-electron chi connectivity index (χ3n) is 16.3. The summed E-state index contributed by atoms with van der Waals surface area (Å²) in [5.74, 6) is 3.18. The highest BCUT2D eigenvalue weighted by molar-refractivity contribution is 5.84. The van der Waals surface area contributed by atoms with Crippen LogP contribution in [0.5, 0.6) is 23.0 Å². The van der Waals surface area contributed by atoms with Crippen molar-refractivity contribution in [2.24, 2.45) is 0 Å². The highest BCUT2D eigenvalue weighted by Crippen LogP contribution is 2.40. The van der Waals surface area contributed by atoms with Gasteiger partial charge in [-0.25, -0.2) is 0 Å². The Kier molecular flexibility index (Phi) is 45.5. The number of ether oxygens (including phenoxy) is 4. The molecule has 0 aromatic heterocycles. The summed E-state index contributed by atoms with van der Waals surface area (Å²) in [7, 11) is 0. The summed E-state index contributed by atoms with van der Waals surface area (Å²) in [5.41, 5.74) is 1.95. The number of aliphatic hydroxyl groups excluding tert-OH is 1. The standard InChI is InChI=1S/C72H124O5/c1-4-7-10-13-16-19-22-25-28-31-34-37-40-43-46-49-56-74-70-60-66(64-77-69-55-54-67-59-65(63-73)52-53-68(67)62-69)61-71(75-57-50-47-44-41-38-35-32-29-26-23-20-17-14-11-8-5-2)72(70)76-58-51-48-45-42-39-36-33-30-27-24-21-18-15-12-9-6-3/h52-55,59-62,73H,4-51,56-58,63-64H2,1-3H3. The van der Waals surface area contributed by atoms with Crippen LogP contribution in [0, 0.1) is 0 Å². The maximum Gasteiger partial charge on any atom is 0.203 e. The van der Waals surface area contributed by atoms with E-state index >= 15 is 0 Å². The summed E-state index contributed by atoms with van der Waals surface area (Å²) in [5, 5.41) is 11.9. The maximum atomic E-state index is 9.68. The van der Waals surface area contributed by atoms with Crippen LogP contribution in [0.15, 0.2) is 48.5 Å². The summed E-state index contributed by atoms with van der Waals surface area (Å²) < 4.78 is 26.6. The Balaban J connectivity index is 1.52. The molecule has 77 heavy (non-hydrogen) atoms. The van der Waals surface area contributed by atoms with Crippen LogP contribution in [0.1, 0.15) is 340 Å². The van der Waals surface area contributed by atoms with Gasteiger partial charge in [0.05, 0.1) is 26.4 Å². The molecule has 0 spiro atoms. The molecule has 0 radical (unpaired) electrons. The van der Waals surface area contributed by atoms with Crippen LogP contribution >= 0.6 is 0 Å². The molecule has 0 saturated heterocycles. The van der Waals surface area contributed by atoms with E-state index in [-0.39, 0.29) is 6.61 Å². The lowest BCUT2D eigenvalue weighted by atomic mass is 10.0. The van der Waals surface area contributed by atoms with E-state index in [4.69, 9.17) is 18.9 Å². The van der Waals surface area contributed by atoms with E-state index in [9.17, 15) is 5.11 Å². The Bertz CT molecular complexity index is 1680. The van der Waals surface area contributed by atoms with E-state index in [0.29, 0.717) is 26.4 Å². The van der Waals surface area contributed by atoms with Crippen molar-refractivity contribution in [2.75, 3.05) is 19.8 Å². The molecule has 3 aromatic rings. The lowest BCUT2D eigenvalue weighted by Gasteiger charge is -2.19. The predicted octanol–water partition coefficient (Wildman–Crippen LogP) is 23.8. The molecule has 442 valence electrons. The summed E-state index contributed by atoms with van der Waals surface area (Å²) in [4.78, 5) is 0. The van der Waals surface area contributed by atoms with Crippen molar-refractivity contribution in [1.82, 2.24) is 0 Å². The largest absolute Gasteiger partial charge is 0.490 e. The molecule has 0 atom stereocenters. The van der Waals surface area contributed by atoms with E-state index in [1.54, 1.807) is 0 Å².